The minimum Gasteiger partial charge on any atom is -0.457 e. The quantitative estimate of drug-likeness (QED) is 0.261. The average Bonchev–Trinajstić information content (AvgIpc) is 3.00. The molecule has 3 rings (SSSR count). The zero-order chi connectivity index (χ0) is 35.6. The van der Waals surface area contributed by atoms with Crippen molar-refractivity contribution < 1.29 is 47.5 Å². The van der Waals surface area contributed by atoms with E-state index >= 15 is 4.39 Å². The lowest BCUT2D eigenvalue weighted by molar-refractivity contribution is -0.300. The first-order chi connectivity index (χ1) is 21.8. The molecule has 3 fully saturated rings. The molecule has 0 amide bonds. The number of ketones is 1. The van der Waals surface area contributed by atoms with Gasteiger partial charge in [-0.1, -0.05) is 34.3 Å². The van der Waals surface area contributed by atoms with Crippen LogP contribution in [0.2, 0.25) is 0 Å². The third-order valence-corrected chi connectivity index (χ3v) is 10.4. The van der Waals surface area contributed by atoms with E-state index in [1.54, 1.807) is 21.1 Å². The van der Waals surface area contributed by atoms with Gasteiger partial charge in [-0.25, -0.2) is 9.18 Å². The predicted molar refractivity (Wildman–Crippen MR) is 176 cm³/mol. The number of hydrogen-bond donors (Lipinski definition) is 1. The lowest BCUT2D eigenvalue weighted by Gasteiger charge is -2.48. The molecule has 13 atom stereocenters. The molecule has 47 heavy (non-hydrogen) atoms. The molecular formula is C35H59FN2O9. The number of ether oxygens (including phenoxy) is 6. The second kappa shape index (κ2) is 15.4. The molecular weight excluding hydrogens is 611 g/mol. The van der Waals surface area contributed by atoms with Crippen molar-refractivity contribution in [2.45, 2.75) is 134 Å². The molecule has 0 aromatic rings. The second-order valence-corrected chi connectivity index (χ2v) is 14.6. The number of esters is 1. The Hall–Kier alpha value is -1.80. The topological polar surface area (TPSA) is 125 Å². The minimum absolute atomic E-state index is 0.0251. The van der Waals surface area contributed by atoms with Gasteiger partial charge in [0, 0.05) is 37.7 Å². The molecule has 2 bridgehead atoms. The van der Waals surface area contributed by atoms with Gasteiger partial charge in [0.1, 0.15) is 17.8 Å². The van der Waals surface area contributed by atoms with Gasteiger partial charge >= 0.3 is 5.97 Å². The molecule has 0 spiro atoms. The highest BCUT2D eigenvalue weighted by Gasteiger charge is 2.56. The number of methoxy groups -OCH3 is 1. The van der Waals surface area contributed by atoms with Crippen molar-refractivity contribution in [1.82, 2.24) is 4.90 Å². The highest BCUT2D eigenvalue weighted by molar-refractivity contribution is 6.07. The Labute approximate surface area is 280 Å². The number of hydrogen-bond acceptors (Lipinski definition) is 11. The lowest BCUT2D eigenvalue weighted by Crippen LogP contribution is -2.61. The highest BCUT2D eigenvalue weighted by atomic mass is 19.1. The molecule has 0 aliphatic carbocycles. The molecule has 3 aliphatic heterocycles. The van der Waals surface area contributed by atoms with Gasteiger partial charge in [0.25, 0.3) is 5.67 Å². The van der Waals surface area contributed by atoms with Gasteiger partial charge in [0.2, 0.25) is 0 Å². The molecule has 0 radical (unpaired) electrons. The van der Waals surface area contributed by atoms with Crippen LogP contribution in [0.3, 0.4) is 0 Å². The molecule has 3 saturated heterocycles. The second-order valence-electron chi connectivity index (χ2n) is 14.6. The maximum absolute atomic E-state index is 16.6. The number of carbonyl (C=O) groups excluding carboxylic acids is 2. The fourth-order valence-electron chi connectivity index (χ4n) is 7.87. The predicted octanol–water partition coefficient (Wildman–Crippen LogP) is 3.93. The fraction of sp³-hybridized carbons (Fsp3) is 0.857. The number of carbonyl (C=O) groups is 2. The summed E-state index contributed by atoms with van der Waals surface area (Å²) in [6, 6.07) is -0.0767. The van der Waals surface area contributed by atoms with Crippen molar-refractivity contribution in [3.8, 4) is 0 Å². The largest absolute Gasteiger partial charge is 0.457 e. The van der Waals surface area contributed by atoms with Crippen molar-refractivity contribution in [3.63, 3.8) is 0 Å². The summed E-state index contributed by atoms with van der Waals surface area (Å²) in [5, 5.41) is 12.0. The van der Waals surface area contributed by atoms with Crippen LogP contribution in [0.1, 0.15) is 74.7 Å². The summed E-state index contributed by atoms with van der Waals surface area (Å²) in [4.78, 5) is 34.4. The summed E-state index contributed by atoms with van der Waals surface area (Å²) in [7, 11) is 7.16. The van der Waals surface area contributed by atoms with E-state index in [9.17, 15) is 14.7 Å². The molecule has 0 aromatic heterocycles. The van der Waals surface area contributed by atoms with Gasteiger partial charge in [-0.3, -0.25) is 9.79 Å². The number of aliphatic hydroxyl groups is 1. The zero-order valence-corrected chi connectivity index (χ0v) is 30.5. The lowest BCUT2D eigenvalue weighted by atomic mass is 9.73. The Morgan fingerprint density at radius 3 is 2.30 bits per heavy atom. The fourth-order valence-corrected chi connectivity index (χ4v) is 7.87. The Morgan fingerprint density at radius 1 is 1.11 bits per heavy atom. The summed E-state index contributed by atoms with van der Waals surface area (Å²) in [6.07, 6.45) is -3.86. The molecule has 12 heteroatoms. The summed E-state index contributed by atoms with van der Waals surface area (Å²) in [5.41, 5.74) is -4.82. The first kappa shape index (κ1) is 39.6. The van der Waals surface area contributed by atoms with Crippen molar-refractivity contribution >= 4 is 17.5 Å². The molecule has 0 aromatic carbocycles. The van der Waals surface area contributed by atoms with E-state index in [-0.39, 0.29) is 44.1 Å². The monoisotopic (exact) mass is 670 g/mol. The van der Waals surface area contributed by atoms with Crippen LogP contribution in [0, 0.1) is 17.8 Å². The smallest absolute Gasteiger partial charge is 0.351 e. The highest BCUT2D eigenvalue weighted by Crippen LogP contribution is 2.41. The van der Waals surface area contributed by atoms with Crippen molar-refractivity contribution in [2.24, 2.45) is 22.7 Å². The number of rotatable bonds is 5. The maximum Gasteiger partial charge on any atom is 0.351 e. The number of Topliss-reactive ketones (excluding diaryl/α,β-unsaturated/α-hetero) is 1. The van der Waals surface area contributed by atoms with Gasteiger partial charge in [-0.05, 0) is 72.5 Å². The number of nitrogens with zero attached hydrogens (tertiary/aromatic N) is 2. The van der Waals surface area contributed by atoms with Gasteiger partial charge in [-0.2, -0.15) is 0 Å². The number of likely N-dealkylation sites (N-methyl/N-ethyl adjacent to an activating group) is 1. The normalized spacial score (nSPS) is 45.7. The Kier molecular flexibility index (Phi) is 13.0. The molecule has 11 nitrogen and oxygen atoms in total. The van der Waals surface area contributed by atoms with Crippen LogP contribution in [-0.4, -0.2) is 129 Å². The van der Waals surface area contributed by atoms with Crippen molar-refractivity contribution in [3.05, 3.63) is 12.2 Å². The SMILES string of the molecule is C=C1CO[C@@H]2[C@@H](C)C(=NC)[C@H](C)C[C@@](C)(OC1)[C@H](O[C@@H]1O[C@H](C)C[C@H](N(C)C)[C@H]1OC)[C@@H](C)C(=O)[C@](C)(F)C(=O)O[C@H](CC)[C@@]2(C)O. The van der Waals surface area contributed by atoms with Crippen LogP contribution >= 0.6 is 0 Å². The van der Waals surface area contributed by atoms with Gasteiger partial charge < -0.3 is 38.4 Å². The summed E-state index contributed by atoms with van der Waals surface area (Å²) in [6.45, 7) is 17.5. The van der Waals surface area contributed by atoms with E-state index in [0.717, 1.165) is 12.6 Å². The molecule has 0 saturated carbocycles. The first-order valence-electron chi connectivity index (χ1n) is 16.8. The summed E-state index contributed by atoms with van der Waals surface area (Å²) in [5.74, 6) is -4.40. The van der Waals surface area contributed by atoms with Crippen LogP contribution in [0.4, 0.5) is 4.39 Å². The molecule has 3 heterocycles. The standard InChI is InChI=1S/C35H59FN2O9/c1-14-25-35(9,41)30-22(5)26(37-10)20(3)16-33(7,44-18-19(2)17-43-30)29(23(6)28(39)34(8,36)32(40)46-25)47-31-27(42-13)24(38(11)12)15-21(4)45-31/h20-25,27,29-31,41H,2,14-18H2,1,3-13H3/t20-,21-,22+,23+,24+,25-,27-,29-,30-,31+,33-,34+,35-/m1/s1. The Morgan fingerprint density at radius 2 is 1.74 bits per heavy atom. The van der Waals surface area contributed by atoms with E-state index in [1.165, 1.54) is 13.8 Å². The number of halogens is 1. The van der Waals surface area contributed by atoms with Gasteiger partial charge in [0.05, 0.1) is 37.1 Å². The van der Waals surface area contributed by atoms with E-state index in [2.05, 4.69) is 11.6 Å². The van der Waals surface area contributed by atoms with Crippen LogP contribution in [0.5, 0.6) is 0 Å². The summed E-state index contributed by atoms with van der Waals surface area (Å²) < 4.78 is 54.3. The molecule has 0 unspecified atom stereocenters. The Bertz CT molecular complexity index is 1160. The first-order valence-corrected chi connectivity index (χ1v) is 16.8. The van der Waals surface area contributed by atoms with Crippen molar-refractivity contribution in [2.75, 3.05) is 41.5 Å². The molecule has 270 valence electrons. The number of aliphatic imine (C=N–C) groups is 1. The summed E-state index contributed by atoms with van der Waals surface area (Å²) >= 11 is 0. The number of cyclic esters (lactones) is 1. The van der Waals surface area contributed by atoms with E-state index in [4.69, 9.17) is 28.4 Å². The number of alkyl halides is 1. The third-order valence-electron chi connectivity index (χ3n) is 10.4. The van der Waals surface area contributed by atoms with Gasteiger partial charge in [-0.15, -0.1) is 0 Å². The van der Waals surface area contributed by atoms with Gasteiger partial charge in [0.15, 0.2) is 12.1 Å². The average molecular weight is 671 g/mol. The van der Waals surface area contributed by atoms with Crippen LogP contribution < -0.4 is 0 Å². The van der Waals surface area contributed by atoms with Crippen molar-refractivity contribution in [1.29, 1.82) is 0 Å². The maximum atomic E-state index is 16.6. The molecule has 3 aliphatic rings. The van der Waals surface area contributed by atoms with Crippen LogP contribution in [0.25, 0.3) is 0 Å². The van der Waals surface area contributed by atoms with Crippen LogP contribution in [0.15, 0.2) is 17.1 Å². The number of fused-ring (bicyclic) bond motifs is 5. The van der Waals surface area contributed by atoms with E-state index < -0.39 is 71.2 Å². The minimum atomic E-state index is -3.07. The zero-order valence-electron chi connectivity index (χ0n) is 30.5. The third kappa shape index (κ3) is 8.16. The van der Waals surface area contributed by atoms with E-state index in [1.807, 2.05) is 46.7 Å². The van der Waals surface area contributed by atoms with Crippen LogP contribution in [-0.2, 0) is 38.0 Å². The molecule has 1 N–H and O–H groups in total. The van der Waals surface area contributed by atoms with E-state index in [0.29, 0.717) is 12.0 Å². The Balaban J connectivity index is 2.29.